The third-order valence-electron chi connectivity index (χ3n) is 4.63. The van der Waals surface area contributed by atoms with E-state index in [4.69, 9.17) is 11.6 Å². The predicted molar refractivity (Wildman–Crippen MR) is 105 cm³/mol. The fourth-order valence-electron chi connectivity index (χ4n) is 3.33. The maximum absolute atomic E-state index is 14.6. The van der Waals surface area contributed by atoms with Crippen LogP contribution < -0.4 is 10.0 Å². The normalized spacial score (nSPS) is 20.6. The number of sulfonamides is 1. The van der Waals surface area contributed by atoms with E-state index in [1.165, 1.54) is 6.33 Å². The predicted octanol–water partition coefficient (Wildman–Crippen LogP) is 3.42. The Kier molecular flexibility index (Phi) is 6.19. The lowest BCUT2D eigenvalue weighted by Crippen LogP contribution is -2.45. The Morgan fingerprint density at radius 3 is 2.70 bits per heavy atom. The van der Waals surface area contributed by atoms with Gasteiger partial charge in [0.05, 0.1) is 10.7 Å². The summed E-state index contributed by atoms with van der Waals surface area (Å²) in [5.74, 6) is -0.879. The van der Waals surface area contributed by atoms with E-state index in [0.717, 1.165) is 49.3 Å². The second-order valence-corrected chi connectivity index (χ2v) is 9.52. The van der Waals surface area contributed by atoms with Gasteiger partial charge >= 0.3 is 0 Å². The number of rotatable bonds is 6. The molecule has 0 unspecified atom stereocenters. The van der Waals surface area contributed by atoms with Crippen LogP contribution in [0.25, 0.3) is 0 Å². The van der Waals surface area contributed by atoms with Gasteiger partial charge in [0.25, 0.3) is 10.0 Å². The SMILES string of the molecule is CN(C)[C@H]1CCCC[C@@H]1Nc1cc(F)c(S(=O)(=O)Nc2ncns2)cc1Cl. The highest BCUT2D eigenvalue weighted by atomic mass is 35.5. The highest BCUT2D eigenvalue weighted by molar-refractivity contribution is 7.93. The van der Waals surface area contributed by atoms with Gasteiger partial charge in [-0.2, -0.15) is 4.37 Å². The minimum absolute atomic E-state index is 0.0590. The minimum atomic E-state index is -4.15. The van der Waals surface area contributed by atoms with Crippen molar-refractivity contribution in [2.45, 2.75) is 42.7 Å². The number of anilines is 2. The topological polar surface area (TPSA) is 87.2 Å². The van der Waals surface area contributed by atoms with E-state index < -0.39 is 20.7 Å². The molecule has 1 saturated carbocycles. The number of aromatic nitrogens is 2. The lowest BCUT2D eigenvalue weighted by molar-refractivity contribution is 0.211. The summed E-state index contributed by atoms with van der Waals surface area (Å²) in [7, 11) is -0.117. The third-order valence-corrected chi connectivity index (χ3v) is 7.00. The van der Waals surface area contributed by atoms with Crippen LogP contribution in [0, 0.1) is 5.82 Å². The molecule has 0 amide bonds. The number of hydrogen-bond donors (Lipinski definition) is 2. The Labute approximate surface area is 167 Å². The van der Waals surface area contributed by atoms with Crippen molar-refractivity contribution >= 4 is 44.0 Å². The number of nitrogens with one attached hydrogen (secondary N) is 2. The van der Waals surface area contributed by atoms with Gasteiger partial charge in [0.2, 0.25) is 5.13 Å². The Morgan fingerprint density at radius 2 is 2.04 bits per heavy atom. The summed E-state index contributed by atoms with van der Waals surface area (Å²) >= 11 is 7.14. The maximum Gasteiger partial charge on any atom is 0.266 e. The van der Waals surface area contributed by atoms with Crippen molar-refractivity contribution in [2.24, 2.45) is 0 Å². The van der Waals surface area contributed by atoms with Gasteiger partial charge in [-0.1, -0.05) is 24.4 Å². The molecule has 3 rings (SSSR count). The quantitative estimate of drug-likeness (QED) is 0.725. The second kappa shape index (κ2) is 8.26. The fourth-order valence-corrected chi connectivity index (χ4v) is 5.36. The third kappa shape index (κ3) is 4.68. The Hall–Kier alpha value is -1.49. The summed E-state index contributed by atoms with van der Waals surface area (Å²) in [5.41, 5.74) is 0.391. The van der Waals surface area contributed by atoms with Crippen LogP contribution in [-0.4, -0.2) is 48.9 Å². The van der Waals surface area contributed by atoms with Gasteiger partial charge in [0, 0.05) is 23.6 Å². The molecule has 1 aliphatic rings. The molecule has 27 heavy (non-hydrogen) atoms. The van der Waals surface area contributed by atoms with Crippen LogP contribution >= 0.6 is 23.1 Å². The zero-order valence-electron chi connectivity index (χ0n) is 14.9. The standard InChI is InChI=1S/C16H21ClFN5O2S2/c1-23(2)14-6-4-3-5-12(14)21-13-8-11(18)15(7-10(13)17)27(24,25)22-16-19-9-20-26-16/h7-9,12,14,21H,3-6H2,1-2H3,(H,19,20,22)/t12-,14-/m0/s1. The van der Waals surface area contributed by atoms with Gasteiger partial charge < -0.3 is 10.2 Å². The van der Waals surface area contributed by atoms with Crippen LogP contribution in [0.15, 0.2) is 23.4 Å². The number of halogens is 2. The molecule has 11 heteroatoms. The second-order valence-electron chi connectivity index (χ2n) is 6.68. The van der Waals surface area contributed by atoms with Crippen molar-refractivity contribution in [2.75, 3.05) is 24.1 Å². The number of benzene rings is 1. The van der Waals surface area contributed by atoms with E-state index in [2.05, 4.69) is 24.3 Å². The first-order valence-electron chi connectivity index (χ1n) is 8.49. The van der Waals surface area contributed by atoms with Crippen molar-refractivity contribution in [3.63, 3.8) is 0 Å². The lowest BCUT2D eigenvalue weighted by atomic mass is 9.89. The lowest BCUT2D eigenvalue weighted by Gasteiger charge is -2.37. The van der Waals surface area contributed by atoms with E-state index in [1.54, 1.807) is 0 Å². The summed E-state index contributed by atoms with van der Waals surface area (Å²) in [6.45, 7) is 0. The van der Waals surface area contributed by atoms with Crippen LogP contribution in [0.5, 0.6) is 0 Å². The van der Waals surface area contributed by atoms with Crippen LogP contribution in [0.3, 0.4) is 0 Å². The molecule has 1 aromatic heterocycles. The monoisotopic (exact) mass is 433 g/mol. The highest BCUT2D eigenvalue weighted by Crippen LogP contribution is 2.32. The molecule has 1 heterocycles. The van der Waals surface area contributed by atoms with Crippen LogP contribution in [0.1, 0.15) is 25.7 Å². The molecule has 7 nitrogen and oxygen atoms in total. The van der Waals surface area contributed by atoms with Crippen molar-refractivity contribution in [3.8, 4) is 0 Å². The first kappa shape index (κ1) is 20.2. The smallest absolute Gasteiger partial charge is 0.266 e. The van der Waals surface area contributed by atoms with Crippen LogP contribution in [-0.2, 0) is 10.0 Å². The van der Waals surface area contributed by atoms with Gasteiger partial charge in [-0.3, -0.25) is 4.72 Å². The Bertz CT molecular complexity index is 892. The van der Waals surface area contributed by atoms with Crippen LogP contribution in [0.2, 0.25) is 5.02 Å². The molecule has 0 aliphatic heterocycles. The van der Waals surface area contributed by atoms with E-state index in [-0.39, 0.29) is 16.2 Å². The van der Waals surface area contributed by atoms with E-state index in [9.17, 15) is 12.8 Å². The molecule has 2 atom stereocenters. The number of hydrogen-bond acceptors (Lipinski definition) is 7. The van der Waals surface area contributed by atoms with Crippen molar-refractivity contribution in [1.29, 1.82) is 0 Å². The van der Waals surface area contributed by atoms with Gasteiger partial charge in [0.15, 0.2) is 0 Å². The largest absolute Gasteiger partial charge is 0.379 e. The molecule has 2 aromatic rings. The fraction of sp³-hybridized carbons (Fsp3) is 0.500. The van der Waals surface area contributed by atoms with Gasteiger partial charge in [-0.25, -0.2) is 17.8 Å². The molecule has 1 fully saturated rings. The van der Waals surface area contributed by atoms with E-state index >= 15 is 0 Å². The van der Waals surface area contributed by atoms with Gasteiger partial charge in [-0.15, -0.1) is 0 Å². The first-order chi connectivity index (χ1) is 12.8. The van der Waals surface area contributed by atoms with Crippen molar-refractivity contribution in [1.82, 2.24) is 14.3 Å². The number of likely N-dealkylation sites (N-methyl/N-ethyl adjacent to an activating group) is 1. The zero-order chi connectivity index (χ0) is 19.6. The van der Waals surface area contributed by atoms with Crippen LogP contribution in [0.4, 0.5) is 15.2 Å². The Morgan fingerprint density at radius 1 is 1.30 bits per heavy atom. The van der Waals surface area contributed by atoms with Crippen molar-refractivity contribution in [3.05, 3.63) is 29.3 Å². The Balaban J connectivity index is 1.84. The van der Waals surface area contributed by atoms with Gasteiger partial charge in [-0.05, 0) is 39.1 Å². The zero-order valence-corrected chi connectivity index (χ0v) is 17.3. The number of nitrogens with zero attached hydrogens (tertiary/aromatic N) is 3. The molecular weight excluding hydrogens is 413 g/mol. The minimum Gasteiger partial charge on any atom is -0.379 e. The van der Waals surface area contributed by atoms with Crippen molar-refractivity contribution < 1.29 is 12.8 Å². The van der Waals surface area contributed by atoms with Gasteiger partial charge in [0.1, 0.15) is 17.0 Å². The molecule has 0 saturated heterocycles. The summed E-state index contributed by atoms with van der Waals surface area (Å²) < 4.78 is 45.3. The molecule has 1 aliphatic carbocycles. The maximum atomic E-state index is 14.6. The summed E-state index contributed by atoms with van der Waals surface area (Å²) in [6.07, 6.45) is 5.44. The molecule has 1 aromatic carbocycles. The highest BCUT2D eigenvalue weighted by Gasteiger charge is 2.28. The molecule has 0 spiro atoms. The first-order valence-corrected chi connectivity index (χ1v) is 11.1. The molecule has 0 bridgehead atoms. The molecule has 2 N–H and O–H groups in total. The van der Waals surface area contributed by atoms with E-state index in [0.29, 0.717) is 11.7 Å². The molecule has 148 valence electrons. The summed E-state index contributed by atoms with van der Waals surface area (Å²) in [4.78, 5) is 5.36. The molecular formula is C16H21ClFN5O2S2. The van der Waals surface area contributed by atoms with E-state index in [1.807, 2.05) is 14.1 Å². The average molecular weight is 434 g/mol. The summed E-state index contributed by atoms with van der Waals surface area (Å²) in [5, 5.41) is 3.51. The molecule has 0 radical (unpaired) electrons. The summed E-state index contributed by atoms with van der Waals surface area (Å²) in [6, 6.07) is 2.68. The average Bonchev–Trinajstić information content (AvgIpc) is 3.10.